The van der Waals surface area contributed by atoms with Crippen molar-refractivity contribution in [2.45, 2.75) is 33.1 Å². The molecule has 0 spiro atoms. The Bertz CT molecular complexity index is 583. The van der Waals surface area contributed by atoms with Crippen LogP contribution in [0, 0.1) is 23.7 Å². The van der Waals surface area contributed by atoms with Crippen molar-refractivity contribution in [3.05, 3.63) is 23.4 Å². The van der Waals surface area contributed by atoms with Crippen LogP contribution in [0.1, 0.15) is 38.8 Å². The molecule has 0 aliphatic heterocycles. The minimum absolute atomic E-state index is 0.193. The maximum atomic E-state index is 5.79. The van der Waals surface area contributed by atoms with Crippen molar-refractivity contribution in [1.29, 1.82) is 0 Å². The standard InChI is InChI=1S/C16H21N3O/c1-10-7-5-6-8-11(2)15(12(10)3)13-9-14(20-4)19-16(17)18-13/h8-10,12,15H,6H2,1-4H3,(H2,17,18,19)/b11-8-/t10-,12?,15?/m0/s1. The number of anilines is 1. The molecule has 4 nitrogen and oxygen atoms in total. The van der Waals surface area contributed by atoms with Crippen LogP contribution in [0.3, 0.4) is 0 Å². The molecule has 2 N–H and O–H groups in total. The highest BCUT2D eigenvalue weighted by Crippen LogP contribution is 2.37. The summed E-state index contributed by atoms with van der Waals surface area (Å²) in [5.41, 5.74) is 7.97. The van der Waals surface area contributed by atoms with Crippen LogP contribution >= 0.6 is 0 Å². The fourth-order valence-corrected chi connectivity index (χ4v) is 2.62. The third-order valence-corrected chi connectivity index (χ3v) is 3.93. The maximum Gasteiger partial charge on any atom is 0.223 e. The van der Waals surface area contributed by atoms with E-state index in [1.807, 2.05) is 6.07 Å². The molecule has 1 aromatic heterocycles. The SMILES string of the molecule is COc1cc(C2/C(C)=C\CC#C[C@H](C)C2C)nc(N)n1. The monoisotopic (exact) mass is 271 g/mol. The summed E-state index contributed by atoms with van der Waals surface area (Å²) in [6.45, 7) is 6.49. The van der Waals surface area contributed by atoms with Gasteiger partial charge in [0.1, 0.15) is 0 Å². The van der Waals surface area contributed by atoms with E-state index in [1.165, 1.54) is 5.57 Å². The zero-order chi connectivity index (χ0) is 14.7. The normalized spacial score (nSPS) is 28.4. The van der Waals surface area contributed by atoms with Gasteiger partial charge in [0, 0.05) is 24.3 Å². The molecular formula is C16H21N3O. The summed E-state index contributed by atoms with van der Waals surface area (Å²) < 4.78 is 5.20. The number of hydrogen-bond acceptors (Lipinski definition) is 4. The number of nitrogens with zero attached hydrogens (tertiary/aromatic N) is 2. The summed E-state index contributed by atoms with van der Waals surface area (Å²) in [7, 11) is 1.59. The average molecular weight is 271 g/mol. The highest BCUT2D eigenvalue weighted by atomic mass is 16.5. The number of hydrogen-bond donors (Lipinski definition) is 1. The van der Waals surface area contributed by atoms with Crippen molar-refractivity contribution in [2.24, 2.45) is 11.8 Å². The Morgan fingerprint density at radius 2 is 2.10 bits per heavy atom. The molecule has 4 heteroatoms. The largest absolute Gasteiger partial charge is 0.481 e. The van der Waals surface area contributed by atoms with Crippen molar-refractivity contribution in [3.8, 4) is 17.7 Å². The first-order chi connectivity index (χ1) is 9.52. The molecular weight excluding hydrogens is 250 g/mol. The molecule has 1 aliphatic carbocycles. The number of nitrogen functional groups attached to an aromatic ring is 1. The van der Waals surface area contributed by atoms with Gasteiger partial charge in [-0.3, -0.25) is 0 Å². The number of rotatable bonds is 2. The Kier molecular flexibility index (Phi) is 4.29. The molecule has 1 heterocycles. The molecule has 106 valence electrons. The van der Waals surface area contributed by atoms with Gasteiger partial charge in [-0.05, 0) is 12.8 Å². The minimum Gasteiger partial charge on any atom is -0.481 e. The van der Waals surface area contributed by atoms with Gasteiger partial charge in [-0.25, -0.2) is 4.98 Å². The van der Waals surface area contributed by atoms with E-state index in [2.05, 4.69) is 48.7 Å². The minimum atomic E-state index is 0.193. The lowest BCUT2D eigenvalue weighted by molar-refractivity contribution is 0.387. The summed E-state index contributed by atoms with van der Waals surface area (Å²) in [4.78, 5) is 8.47. The third kappa shape index (κ3) is 2.93. The molecule has 3 atom stereocenters. The van der Waals surface area contributed by atoms with Gasteiger partial charge in [0.25, 0.3) is 0 Å². The number of ether oxygens (including phenoxy) is 1. The third-order valence-electron chi connectivity index (χ3n) is 3.93. The molecule has 0 saturated heterocycles. The van der Waals surface area contributed by atoms with Crippen molar-refractivity contribution in [3.63, 3.8) is 0 Å². The van der Waals surface area contributed by atoms with Crippen LogP contribution in [-0.2, 0) is 0 Å². The van der Waals surface area contributed by atoms with Crippen molar-refractivity contribution in [2.75, 3.05) is 12.8 Å². The second kappa shape index (κ2) is 5.96. The van der Waals surface area contributed by atoms with Gasteiger partial charge < -0.3 is 10.5 Å². The first-order valence-electron chi connectivity index (χ1n) is 6.86. The second-order valence-electron chi connectivity index (χ2n) is 5.29. The van der Waals surface area contributed by atoms with E-state index < -0.39 is 0 Å². The summed E-state index contributed by atoms with van der Waals surface area (Å²) in [6.07, 6.45) is 2.96. The number of allylic oxidation sites excluding steroid dienone is 2. The molecule has 0 fully saturated rings. The van der Waals surface area contributed by atoms with Gasteiger partial charge in [0.2, 0.25) is 11.8 Å². The maximum absolute atomic E-state index is 5.79. The highest BCUT2D eigenvalue weighted by Gasteiger charge is 2.27. The Balaban J connectivity index is 2.48. The predicted octanol–water partition coefficient (Wildman–Crippen LogP) is 2.78. The molecule has 0 aromatic carbocycles. The van der Waals surface area contributed by atoms with Crippen LogP contribution in [0.4, 0.5) is 5.95 Å². The lowest BCUT2D eigenvalue weighted by Gasteiger charge is -2.28. The number of aromatic nitrogens is 2. The fraction of sp³-hybridized carbons (Fsp3) is 0.500. The van der Waals surface area contributed by atoms with Crippen molar-refractivity contribution < 1.29 is 4.74 Å². The zero-order valence-corrected chi connectivity index (χ0v) is 12.5. The van der Waals surface area contributed by atoms with E-state index in [-0.39, 0.29) is 11.9 Å². The highest BCUT2D eigenvalue weighted by molar-refractivity contribution is 5.34. The Morgan fingerprint density at radius 3 is 2.80 bits per heavy atom. The molecule has 20 heavy (non-hydrogen) atoms. The van der Waals surface area contributed by atoms with Gasteiger partial charge in [0.15, 0.2) is 0 Å². The van der Waals surface area contributed by atoms with E-state index in [1.54, 1.807) is 7.11 Å². The zero-order valence-electron chi connectivity index (χ0n) is 12.5. The lowest BCUT2D eigenvalue weighted by Crippen LogP contribution is -2.20. The summed E-state index contributed by atoms with van der Waals surface area (Å²) in [5.74, 6) is 8.11. The average Bonchev–Trinajstić information content (AvgIpc) is 2.41. The van der Waals surface area contributed by atoms with Gasteiger partial charge >= 0.3 is 0 Å². The fourth-order valence-electron chi connectivity index (χ4n) is 2.62. The molecule has 1 aromatic rings. The van der Waals surface area contributed by atoms with Gasteiger partial charge in [-0.1, -0.05) is 37.3 Å². The van der Waals surface area contributed by atoms with Gasteiger partial charge in [-0.15, -0.1) is 0 Å². The second-order valence-corrected chi connectivity index (χ2v) is 5.29. The quantitative estimate of drug-likeness (QED) is 0.663. The molecule has 0 radical (unpaired) electrons. The smallest absolute Gasteiger partial charge is 0.223 e. The van der Waals surface area contributed by atoms with Crippen LogP contribution in [0.2, 0.25) is 0 Å². The number of methoxy groups -OCH3 is 1. The van der Waals surface area contributed by atoms with Crippen LogP contribution in [0.15, 0.2) is 17.7 Å². The van der Waals surface area contributed by atoms with Crippen LogP contribution < -0.4 is 10.5 Å². The summed E-state index contributed by atoms with van der Waals surface area (Å²) in [6, 6.07) is 1.87. The van der Waals surface area contributed by atoms with E-state index >= 15 is 0 Å². The van der Waals surface area contributed by atoms with Crippen LogP contribution in [-0.4, -0.2) is 17.1 Å². The Hall–Kier alpha value is -2.02. The van der Waals surface area contributed by atoms with E-state index in [4.69, 9.17) is 10.5 Å². The van der Waals surface area contributed by atoms with E-state index in [0.29, 0.717) is 17.7 Å². The summed E-state index contributed by atoms with van der Waals surface area (Å²) in [5, 5.41) is 0. The lowest BCUT2D eigenvalue weighted by atomic mass is 9.77. The predicted molar refractivity (Wildman–Crippen MR) is 80.2 cm³/mol. The molecule has 2 rings (SSSR count). The molecule has 1 aliphatic rings. The first kappa shape index (κ1) is 14.4. The first-order valence-corrected chi connectivity index (χ1v) is 6.86. The van der Waals surface area contributed by atoms with Crippen molar-refractivity contribution in [1.82, 2.24) is 9.97 Å². The van der Waals surface area contributed by atoms with E-state index in [9.17, 15) is 0 Å². The summed E-state index contributed by atoms with van der Waals surface area (Å²) >= 11 is 0. The molecule has 0 saturated carbocycles. The van der Waals surface area contributed by atoms with Crippen molar-refractivity contribution >= 4 is 5.95 Å². The number of nitrogens with two attached hydrogens (primary N) is 1. The van der Waals surface area contributed by atoms with Crippen LogP contribution in [0.5, 0.6) is 5.88 Å². The van der Waals surface area contributed by atoms with E-state index in [0.717, 1.165) is 12.1 Å². The molecule has 0 amide bonds. The van der Waals surface area contributed by atoms with Gasteiger partial charge in [0.05, 0.1) is 12.8 Å². The topological polar surface area (TPSA) is 61.0 Å². The van der Waals surface area contributed by atoms with Gasteiger partial charge in [-0.2, -0.15) is 4.98 Å². The molecule has 2 unspecified atom stereocenters. The Morgan fingerprint density at radius 1 is 1.35 bits per heavy atom. The molecule has 0 bridgehead atoms. The Labute approximate surface area is 120 Å². The van der Waals surface area contributed by atoms with Crippen LogP contribution in [0.25, 0.3) is 0 Å².